The van der Waals surface area contributed by atoms with Crippen LogP contribution in [0.2, 0.25) is 0 Å². The van der Waals surface area contributed by atoms with Crippen LogP contribution in [-0.4, -0.2) is 49.7 Å². The SMILES string of the molecule is CCCCCN(CCCCC)C(=O)C1CC(OC)CN1. The van der Waals surface area contributed by atoms with E-state index in [2.05, 4.69) is 24.1 Å². The van der Waals surface area contributed by atoms with Crippen LogP contribution in [0.25, 0.3) is 0 Å². The average Bonchev–Trinajstić information content (AvgIpc) is 2.94. The number of rotatable bonds is 10. The number of carbonyl (C=O) groups excluding carboxylic acids is 1. The summed E-state index contributed by atoms with van der Waals surface area (Å²) in [5, 5.41) is 3.30. The van der Waals surface area contributed by atoms with Gasteiger partial charge in [0, 0.05) is 26.7 Å². The molecule has 20 heavy (non-hydrogen) atoms. The van der Waals surface area contributed by atoms with Crippen LogP contribution in [0.15, 0.2) is 0 Å². The second-order valence-electron chi connectivity index (χ2n) is 5.79. The Bertz CT molecular complexity index is 261. The van der Waals surface area contributed by atoms with E-state index in [0.29, 0.717) is 0 Å². The van der Waals surface area contributed by atoms with Gasteiger partial charge in [0.05, 0.1) is 12.1 Å². The number of hydrogen-bond donors (Lipinski definition) is 1. The highest BCUT2D eigenvalue weighted by Crippen LogP contribution is 2.14. The molecule has 2 atom stereocenters. The van der Waals surface area contributed by atoms with Gasteiger partial charge in [-0.15, -0.1) is 0 Å². The van der Waals surface area contributed by atoms with Crippen LogP contribution in [0.5, 0.6) is 0 Å². The third-order valence-electron chi connectivity index (χ3n) is 4.10. The molecule has 1 heterocycles. The van der Waals surface area contributed by atoms with Gasteiger partial charge in [-0.1, -0.05) is 39.5 Å². The van der Waals surface area contributed by atoms with E-state index >= 15 is 0 Å². The third kappa shape index (κ3) is 5.80. The summed E-state index contributed by atoms with van der Waals surface area (Å²) in [6.07, 6.45) is 8.05. The fourth-order valence-corrected chi connectivity index (χ4v) is 2.73. The topological polar surface area (TPSA) is 41.6 Å². The van der Waals surface area contributed by atoms with Gasteiger partial charge in [-0.25, -0.2) is 0 Å². The molecule has 4 nitrogen and oxygen atoms in total. The number of amides is 1. The van der Waals surface area contributed by atoms with Crippen molar-refractivity contribution in [3.63, 3.8) is 0 Å². The van der Waals surface area contributed by atoms with E-state index in [-0.39, 0.29) is 18.1 Å². The van der Waals surface area contributed by atoms with Crippen molar-refractivity contribution >= 4 is 5.91 Å². The maximum absolute atomic E-state index is 12.6. The van der Waals surface area contributed by atoms with Crippen molar-refractivity contribution < 1.29 is 9.53 Å². The Hall–Kier alpha value is -0.610. The van der Waals surface area contributed by atoms with Gasteiger partial charge >= 0.3 is 0 Å². The van der Waals surface area contributed by atoms with E-state index < -0.39 is 0 Å². The van der Waals surface area contributed by atoms with E-state index in [9.17, 15) is 4.79 Å². The zero-order valence-corrected chi connectivity index (χ0v) is 13.5. The highest BCUT2D eigenvalue weighted by molar-refractivity contribution is 5.82. The smallest absolute Gasteiger partial charge is 0.239 e. The molecule has 2 unspecified atom stereocenters. The molecular weight excluding hydrogens is 252 g/mol. The molecule has 1 aliphatic heterocycles. The molecule has 0 radical (unpaired) electrons. The molecular formula is C16H32N2O2. The number of carbonyl (C=O) groups is 1. The lowest BCUT2D eigenvalue weighted by Crippen LogP contribution is -2.44. The van der Waals surface area contributed by atoms with E-state index in [1.807, 2.05) is 0 Å². The molecule has 4 heteroatoms. The van der Waals surface area contributed by atoms with Crippen molar-refractivity contribution in [1.82, 2.24) is 10.2 Å². The van der Waals surface area contributed by atoms with Crippen LogP contribution in [0, 0.1) is 0 Å². The molecule has 118 valence electrons. The summed E-state index contributed by atoms with van der Waals surface area (Å²) in [4.78, 5) is 14.7. The molecule has 0 aromatic carbocycles. The lowest BCUT2D eigenvalue weighted by Gasteiger charge is -2.26. The van der Waals surface area contributed by atoms with Crippen molar-refractivity contribution in [2.75, 3.05) is 26.7 Å². The summed E-state index contributed by atoms with van der Waals surface area (Å²) in [5.74, 6) is 0.275. The Balaban J connectivity index is 2.45. The van der Waals surface area contributed by atoms with Gasteiger partial charge in [0.1, 0.15) is 0 Å². The number of methoxy groups -OCH3 is 1. The van der Waals surface area contributed by atoms with E-state index in [1.54, 1.807) is 7.11 Å². The molecule has 1 N–H and O–H groups in total. The van der Waals surface area contributed by atoms with Crippen LogP contribution in [-0.2, 0) is 9.53 Å². The minimum Gasteiger partial charge on any atom is -0.380 e. The predicted octanol–water partition coefficient (Wildman–Crippen LogP) is 2.57. The first-order valence-corrected chi connectivity index (χ1v) is 8.27. The number of hydrogen-bond acceptors (Lipinski definition) is 3. The fourth-order valence-electron chi connectivity index (χ4n) is 2.73. The monoisotopic (exact) mass is 284 g/mol. The highest BCUT2D eigenvalue weighted by Gasteiger charge is 2.31. The Morgan fingerprint density at radius 3 is 2.20 bits per heavy atom. The summed E-state index contributed by atoms with van der Waals surface area (Å²) in [7, 11) is 1.72. The fraction of sp³-hybridized carbons (Fsp3) is 0.938. The van der Waals surface area contributed by atoms with Gasteiger partial charge in [-0.2, -0.15) is 0 Å². The molecule has 0 saturated carbocycles. The normalized spacial score (nSPS) is 22.1. The maximum atomic E-state index is 12.6. The Labute approximate surface area is 124 Å². The van der Waals surface area contributed by atoms with Crippen LogP contribution < -0.4 is 5.32 Å². The molecule has 1 aliphatic rings. The molecule has 0 aromatic heterocycles. The number of unbranched alkanes of at least 4 members (excludes halogenated alkanes) is 4. The van der Waals surface area contributed by atoms with Crippen molar-refractivity contribution in [1.29, 1.82) is 0 Å². The molecule has 0 bridgehead atoms. The molecule has 1 amide bonds. The summed E-state index contributed by atoms with van der Waals surface area (Å²) in [6.45, 7) is 7.01. The van der Waals surface area contributed by atoms with Crippen LogP contribution in [0.1, 0.15) is 58.8 Å². The standard InChI is InChI=1S/C16H32N2O2/c1-4-6-8-10-18(11-9-7-5-2)16(19)15-12-14(20-3)13-17-15/h14-15,17H,4-13H2,1-3H3. The summed E-state index contributed by atoms with van der Waals surface area (Å²) in [6, 6.07) is -0.0387. The Kier molecular flexibility index (Phi) is 8.86. The minimum absolute atomic E-state index is 0.0387. The van der Waals surface area contributed by atoms with Crippen molar-refractivity contribution in [2.45, 2.75) is 70.9 Å². The second kappa shape index (κ2) is 10.2. The highest BCUT2D eigenvalue weighted by atomic mass is 16.5. The lowest BCUT2D eigenvalue weighted by molar-refractivity contribution is -0.133. The first kappa shape index (κ1) is 17.4. The first-order chi connectivity index (χ1) is 9.72. The maximum Gasteiger partial charge on any atom is 0.239 e. The van der Waals surface area contributed by atoms with Crippen molar-refractivity contribution in [3.8, 4) is 0 Å². The van der Waals surface area contributed by atoms with Gasteiger partial charge in [-0.05, 0) is 19.3 Å². The molecule has 1 rings (SSSR count). The van der Waals surface area contributed by atoms with Gasteiger partial charge in [0.2, 0.25) is 5.91 Å². The van der Waals surface area contributed by atoms with Gasteiger partial charge in [0.15, 0.2) is 0 Å². The summed E-state index contributed by atoms with van der Waals surface area (Å²) < 4.78 is 5.34. The lowest BCUT2D eigenvalue weighted by atomic mass is 10.1. The van der Waals surface area contributed by atoms with Gasteiger partial charge < -0.3 is 15.0 Å². The van der Waals surface area contributed by atoms with E-state index in [4.69, 9.17) is 4.74 Å². The van der Waals surface area contributed by atoms with Crippen LogP contribution in [0.3, 0.4) is 0 Å². The average molecular weight is 284 g/mol. The molecule has 0 spiro atoms. The number of nitrogens with zero attached hydrogens (tertiary/aromatic N) is 1. The minimum atomic E-state index is -0.0387. The third-order valence-corrected chi connectivity index (χ3v) is 4.10. The first-order valence-electron chi connectivity index (χ1n) is 8.27. The van der Waals surface area contributed by atoms with Gasteiger partial charge in [0.25, 0.3) is 0 Å². The van der Waals surface area contributed by atoms with E-state index in [0.717, 1.165) is 38.9 Å². The van der Waals surface area contributed by atoms with Crippen LogP contribution in [0.4, 0.5) is 0 Å². The quantitative estimate of drug-likeness (QED) is 0.627. The second-order valence-corrected chi connectivity index (χ2v) is 5.79. The molecule has 0 aromatic rings. The zero-order chi connectivity index (χ0) is 14.8. The Morgan fingerprint density at radius 2 is 1.75 bits per heavy atom. The van der Waals surface area contributed by atoms with Gasteiger partial charge in [-0.3, -0.25) is 4.79 Å². The largest absolute Gasteiger partial charge is 0.380 e. The molecule has 0 aliphatic carbocycles. The van der Waals surface area contributed by atoms with Crippen molar-refractivity contribution in [2.24, 2.45) is 0 Å². The predicted molar refractivity (Wildman–Crippen MR) is 82.8 cm³/mol. The zero-order valence-electron chi connectivity index (χ0n) is 13.5. The summed E-state index contributed by atoms with van der Waals surface area (Å²) in [5.41, 5.74) is 0. The van der Waals surface area contributed by atoms with Crippen LogP contribution >= 0.6 is 0 Å². The summed E-state index contributed by atoms with van der Waals surface area (Å²) >= 11 is 0. The number of nitrogens with one attached hydrogen (secondary N) is 1. The van der Waals surface area contributed by atoms with Crippen molar-refractivity contribution in [3.05, 3.63) is 0 Å². The Morgan fingerprint density at radius 1 is 1.15 bits per heavy atom. The van der Waals surface area contributed by atoms with E-state index in [1.165, 1.54) is 25.7 Å². The number of ether oxygens (including phenoxy) is 1. The molecule has 1 saturated heterocycles. The molecule has 1 fully saturated rings.